The van der Waals surface area contributed by atoms with E-state index in [1.54, 1.807) is 4.68 Å². The van der Waals surface area contributed by atoms with Crippen LogP contribution in [0.4, 0.5) is 0 Å². The number of aromatic nitrogens is 2. The third-order valence-corrected chi connectivity index (χ3v) is 3.23. The average Bonchev–Trinajstić information content (AvgIpc) is 2.70. The van der Waals surface area contributed by atoms with Crippen molar-refractivity contribution < 1.29 is 4.79 Å². The molecule has 17 heavy (non-hydrogen) atoms. The van der Waals surface area contributed by atoms with E-state index >= 15 is 0 Å². The van der Waals surface area contributed by atoms with Crippen LogP contribution in [0.5, 0.6) is 0 Å². The van der Waals surface area contributed by atoms with Crippen LogP contribution in [-0.4, -0.2) is 46.3 Å². The lowest BCUT2D eigenvalue weighted by Crippen LogP contribution is -2.52. The number of rotatable bonds is 2. The number of carbonyl (C=O) groups excluding carboxylic acids is 1. The molecule has 1 fully saturated rings. The first-order valence-corrected chi connectivity index (χ1v) is 6.17. The average molecular weight is 236 g/mol. The summed E-state index contributed by atoms with van der Waals surface area (Å²) in [6.07, 6.45) is 2.62. The van der Waals surface area contributed by atoms with Gasteiger partial charge in [-0.05, 0) is 13.3 Å². The maximum atomic E-state index is 12.4. The Morgan fingerprint density at radius 2 is 2.41 bits per heavy atom. The van der Waals surface area contributed by atoms with Crippen molar-refractivity contribution in [3.63, 3.8) is 0 Å². The molecule has 1 aliphatic heterocycles. The Morgan fingerprint density at radius 1 is 1.65 bits per heavy atom. The van der Waals surface area contributed by atoms with Gasteiger partial charge in [0.2, 0.25) is 0 Å². The van der Waals surface area contributed by atoms with Gasteiger partial charge >= 0.3 is 0 Å². The number of aryl methyl sites for hydroxylation is 2. The normalized spacial score (nSPS) is 20.6. The second-order valence-corrected chi connectivity index (χ2v) is 4.57. The van der Waals surface area contributed by atoms with Crippen LogP contribution in [0, 0.1) is 0 Å². The van der Waals surface area contributed by atoms with E-state index < -0.39 is 0 Å². The second kappa shape index (κ2) is 4.87. The molecule has 5 nitrogen and oxygen atoms in total. The monoisotopic (exact) mass is 236 g/mol. The number of piperazine rings is 1. The fourth-order valence-corrected chi connectivity index (χ4v) is 2.27. The zero-order chi connectivity index (χ0) is 12.4. The van der Waals surface area contributed by atoms with Gasteiger partial charge in [0.05, 0.1) is 11.3 Å². The summed E-state index contributed by atoms with van der Waals surface area (Å²) in [7, 11) is 1.86. The van der Waals surface area contributed by atoms with Crippen molar-refractivity contribution in [1.82, 2.24) is 20.0 Å². The maximum Gasteiger partial charge on any atom is 0.257 e. The highest BCUT2D eigenvalue weighted by atomic mass is 16.2. The molecule has 2 heterocycles. The molecule has 0 aromatic carbocycles. The summed E-state index contributed by atoms with van der Waals surface area (Å²) < 4.78 is 1.72. The molecular weight excluding hydrogens is 216 g/mol. The lowest BCUT2D eigenvalue weighted by Gasteiger charge is -2.33. The fraction of sp³-hybridized carbons (Fsp3) is 0.667. The van der Waals surface area contributed by atoms with Crippen LogP contribution in [0.2, 0.25) is 0 Å². The molecule has 2 rings (SSSR count). The number of nitrogens with zero attached hydrogens (tertiary/aromatic N) is 3. The topological polar surface area (TPSA) is 50.2 Å². The summed E-state index contributed by atoms with van der Waals surface area (Å²) in [5, 5.41) is 7.61. The highest BCUT2D eigenvalue weighted by molar-refractivity contribution is 5.95. The van der Waals surface area contributed by atoms with Crippen molar-refractivity contribution in [2.75, 3.05) is 19.6 Å². The van der Waals surface area contributed by atoms with E-state index in [0.29, 0.717) is 0 Å². The summed E-state index contributed by atoms with van der Waals surface area (Å²) in [5.74, 6) is 0.115. The van der Waals surface area contributed by atoms with E-state index in [0.717, 1.165) is 37.3 Å². The smallest absolute Gasteiger partial charge is 0.257 e. The van der Waals surface area contributed by atoms with Crippen LogP contribution in [0.1, 0.15) is 29.9 Å². The summed E-state index contributed by atoms with van der Waals surface area (Å²) >= 11 is 0. The number of amides is 1. The van der Waals surface area contributed by atoms with E-state index in [-0.39, 0.29) is 11.9 Å². The number of carbonyl (C=O) groups is 1. The summed E-state index contributed by atoms with van der Waals surface area (Å²) in [5.41, 5.74) is 1.65. The van der Waals surface area contributed by atoms with Gasteiger partial charge in [0.1, 0.15) is 0 Å². The van der Waals surface area contributed by atoms with E-state index in [1.165, 1.54) is 0 Å². The van der Waals surface area contributed by atoms with Gasteiger partial charge < -0.3 is 10.2 Å². The third kappa shape index (κ3) is 2.34. The van der Waals surface area contributed by atoms with Crippen LogP contribution in [0.25, 0.3) is 0 Å². The standard InChI is InChI=1S/C12H20N4O/c1-4-11-10(8-15(3)14-11)12(17)16-6-5-13-7-9(16)2/h8-9,13H,4-7H2,1-3H3/t9-/m0/s1. The Kier molecular flexibility index (Phi) is 3.47. The molecule has 1 N–H and O–H groups in total. The molecule has 1 aromatic rings. The first-order chi connectivity index (χ1) is 8.13. The zero-order valence-electron chi connectivity index (χ0n) is 10.7. The highest BCUT2D eigenvalue weighted by Gasteiger charge is 2.26. The Balaban J connectivity index is 2.23. The Labute approximate surface area is 102 Å². The van der Waals surface area contributed by atoms with Crippen molar-refractivity contribution in [3.05, 3.63) is 17.5 Å². The predicted octanol–water partition coefficient (Wildman–Crippen LogP) is 0.416. The molecule has 5 heteroatoms. The highest BCUT2D eigenvalue weighted by Crippen LogP contribution is 2.14. The second-order valence-electron chi connectivity index (χ2n) is 4.57. The largest absolute Gasteiger partial charge is 0.333 e. The van der Waals surface area contributed by atoms with Gasteiger partial charge in [0.15, 0.2) is 0 Å². The molecule has 0 radical (unpaired) electrons. The molecular formula is C12H20N4O. The molecule has 1 aromatic heterocycles. The van der Waals surface area contributed by atoms with Crippen molar-refractivity contribution >= 4 is 5.91 Å². The van der Waals surface area contributed by atoms with Crippen molar-refractivity contribution in [2.24, 2.45) is 7.05 Å². The SMILES string of the molecule is CCc1nn(C)cc1C(=O)N1CCNC[C@@H]1C. The lowest BCUT2D eigenvalue weighted by atomic mass is 10.1. The lowest BCUT2D eigenvalue weighted by molar-refractivity contribution is 0.0654. The Morgan fingerprint density at radius 3 is 3.06 bits per heavy atom. The van der Waals surface area contributed by atoms with Crippen LogP contribution < -0.4 is 5.32 Å². The van der Waals surface area contributed by atoms with Gasteiger partial charge in [-0.15, -0.1) is 0 Å². The summed E-state index contributed by atoms with van der Waals surface area (Å²) in [6.45, 7) is 6.62. The molecule has 1 saturated heterocycles. The van der Waals surface area contributed by atoms with Crippen LogP contribution in [0.3, 0.4) is 0 Å². The Bertz CT molecular complexity index is 413. The first-order valence-electron chi connectivity index (χ1n) is 6.17. The number of hydrogen-bond acceptors (Lipinski definition) is 3. The summed E-state index contributed by atoms with van der Waals surface area (Å²) in [4.78, 5) is 14.4. The van der Waals surface area contributed by atoms with Crippen molar-refractivity contribution in [3.8, 4) is 0 Å². The minimum Gasteiger partial charge on any atom is -0.333 e. The first kappa shape index (κ1) is 12.1. The van der Waals surface area contributed by atoms with Gasteiger partial charge in [-0.25, -0.2) is 0 Å². The molecule has 94 valence electrons. The van der Waals surface area contributed by atoms with Crippen LogP contribution in [0.15, 0.2) is 6.20 Å². The van der Waals surface area contributed by atoms with Crippen LogP contribution >= 0.6 is 0 Å². The Hall–Kier alpha value is -1.36. The molecule has 0 saturated carbocycles. The van der Waals surface area contributed by atoms with E-state index in [9.17, 15) is 4.79 Å². The maximum absolute atomic E-state index is 12.4. The molecule has 0 spiro atoms. The van der Waals surface area contributed by atoms with Gasteiger partial charge in [0.25, 0.3) is 5.91 Å². The molecule has 0 unspecified atom stereocenters. The molecule has 1 atom stereocenters. The fourth-order valence-electron chi connectivity index (χ4n) is 2.27. The minimum absolute atomic E-state index is 0.115. The van der Waals surface area contributed by atoms with E-state index in [2.05, 4.69) is 17.3 Å². The van der Waals surface area contributed by atoms with E-state index in [4.69, 9.17) is 0 Å². The van der Waals surface area contributed by atoms with Crippen LogP contribution in [-0.2, 0) is 13.5 Å². The van der Waals surface area contributed by atoms with E-state index in [1.807, 2.05) is 25.1 Å². The molecule has 0 aliphatic carbocycles. The quantitative estimate of drug-likeness (QED) is 0.809. The van der Waals surface area contributed by atoms with Gasteiger partial charge in [0, 0.05) is 38.9 Å². The van der Waals surface area contributed by atoms with Gasteiger partial charge in [-0.3, -0.25) is 9.48 Å². The van der Waals surface area contributed by atoms with Crippen molar-refractivity contribution in [2.45, 2.75) is 26.3 Å². The van der Waals surface area contributed by atoms with Crippen molar-refractivity contribution in [1.29, 1.82) is 0 Å². The third-order valence-electron chi connectivity index (χ3n) is 3.23. The molecule has 0 bridgehead atoms. The van der Waals surface area contributed by atoms with Gasteiger partial charge in [-0.1, -0.05) is 6.92 Å². The summed E-state index contributed by atoms with van der Waals surface area (Å²) in [6, 6.07) is 0.251. The minimum atomic E-state index is 0.115. The number of nitrogens with one attached hydrogen (secondary N) is 1. The predicted molar refractivity (Wildman–Crippen MR) is 66.0 cm³/mol. The van der Waals surface area contributed by atoms with Gasteiger partial charge in [-0.2, -0.15) is 5.10 Å². The number of hydrogen-bond donors (Lipinski definition) is 1. The molecule has 1 amide bonds. The zero-order valence-corrected chi connectivity index (χ0v) is 10.7. The molecule has 1 aliphatic rings.